The summed E-state index contributed by atoms with van der Waals surface area (Å²) in [4.78, 5) is 0. The minimum atomic E-state index is -0.0891. The molecule has 0 amide bonds. The highest BCUT2D eigenvalue weighted by Crippen LogP contribution is 2.30. The van der Waals surface area contributed by atoms with Gasteiger partial charge in [0, 0.05) is 0 Å². The van der Waals surface area contributed by atoms with Crippen molar-refractivity contribution in [3.05, 3.63) is 28.8 Å². The summed E-state index contributed by atoms with van der Waals surface area (Å²) in [6, 6.07) is 5.77. The largest absolute Gasteiger partial charge is 0.489 e. The fourth-order valence-electron chi connectivity index (χ4n) is 1.16. The van der Waals surface area contributed by atoms with Crippen LogP contribution in [0.4, 0.5) is 0 Å². The van der Waals surface area contributed by atoms with E-state index in [0.29, 0.717) is 11.6 Å². The van der Waals surface area contributed by atoms with Crippen LogP contribution < -0.4 is 4.74 Å². The molecule has 1 aromatic carbocycles. The van der Waals surface area contributed by atoms with E-state index in [0.717, 1.165) is 17.9 Å². The van der Waals surface area contributed by atoms with Gasteiger partial charge in [-0.3, -0.25) is 0 Å². The van der Waals surface area contributed by atoms with Crippen molar-refractivity contribution in [2.45, 2.75) is 19.4 Å². The molecule has 1 aliphatic heterocycles. The van der Waals surface area contributed by atoms with Crippen molar-refractivity contribution in [2.75, 3.05) is 13.2 Å². The van der Waals surface area contributed by atoms with Gasteiger partial charge in [-0.25, -0.2) is 0 Å². The number of benzene rings is 1. The van der Waals surface area contributed by atoms with E-state index in [-0.39, 0.29) is 5.60 Å². The lowest BCUT2D eigenvalue weighted by molar-refractivity contribution is 0.202. The van der Waals surface area contributed by atoms with E-state index < -0.39 is 0 Å². The monoisotopic (exact) mass is 212 g/mol. The fourth-order valence-corrected chi connectivity index (χ4v) is 1.45. The first kappa shape index (κ1) is 9.81. The van der Waals surface area contributed by atoms with Crippen molar-refractivity contribution in [1.82, 2.24) is 0 Å². The first-order valence-electron chi connectivity index (χ1n) is 4.62. The number of halogens is 1. The molecule has 1 aromatic rings. The van der Waals surface area contributed by atoms with Gasteiger partial charge in [0.05, 0.1) is 11.6 Å². The normalized spacial score (nSPS) is 24.8. The summed E-state index contributed by atoms with van der Waals surface area (Å²) in [6.07, 6.45) is 0. The van der Waals surface area contributed by atoms with E-state index in [1.54, 1.807) is 0 Å². The van der Waals surface area contributed by atoms with Gasteiger partial charge in [-0.15, -0.1) is 0 Å². The second-order valence-electron chi connectivity index (χ2n) is 3.96. The van der Waals surface area contributed by atoms with Gasteiger partial charge in [-0.05, 0) is 31.5 Å². The smallest absolute Gasteiger partial charge is 0.138 e. The standard InChI is InChI=1S/C11H13ClO2/c1-8-3-4-10(9(12)5-8)13-6-11(2)7-14-11/h3-5H,6-7H2,1-2H3. The molecule has 0 spiro atoms. The molecule has 2 rings (SSSR count). The van der Waals surface area contributed by atoms with Gasteiger partial charge in [0.15, 0.2) is 0 Å². The summed E-state index contributed by atoms with van der Waals surface area (Å²) in [5.74, 6) is 0.731. The molecule has 0 aromatic heterocycles. The first-order chi connectivity index (χ1) is 6.59. The lowest BCUT2D eigenvalue weighted by Crippen LogP contribution is -2.17. The molecule has 2 nitrogen and oxygen atoms in total. The van der Waals surface area contributed by atoms with E-state index in [1.807, 2.05) is 32.0 Å². The molecule has 3 heteroatoms. The van der Waals surface area contributed by atoms with E-state index >= 15 is 0 Å². The Kier molecular flexibility index (Phi) is 2.41. The summed E-state index contributed by atoms with van der Waals surface area (Å²) < 4.78 is 10.8. The van der Waals surface area contributed by atoms with Crippen LogP contribution in [0.1, 0.15) is 12.5 Å². The van der Waals surface area contributed by atoms with Crippen LogP contribution in [-0.4, -0.2) is 18.8 Å². The summed E-state index contributed by atoms with van der Waals surface area (Å²) in [5.41, 5.74) is 1.05. The zero-order valence-corrected chi connectivity index (χ0v) is 9.10. The van der Waals surface area contributed by atoms with E-state index in [4.69, 9.17) is 21.1 Å². The van der Waals surface area contributed by atoms with Crippen LogP contribution in [0.5, 0.6) is 5.75 Å². The second kappa shape index (κ2) is 3.44. The minimum Gasteiger partial charge on any atom is -0.489 e. The van der Waals surface area contributed by atoms with Crippen molar-refractivity contribution in [1.29, 1.82) is 0 Å². The highest BCUT2D eigenvalue weighted by Gasteiger charge is 2.40. The van der Waals surface area contributed by atoms with E-state index in [9.17, 15) is 0 Å². The zero-order valence-electron chi connectivity index (χ0n) is 8.34. The Morgan fingerprint density at radius 1 is 1.57 bits per heavy atom. The molecule has 1 saturated heterocycles. The molecule has 0 radical (unpaired) electrons. The minimum absolute atomic E-state index is 0.0891. The van der Waals surface area contributed by atoms with Crippen LogP contribution in [-0.2, 0) is 4.74 Å². The van der Waals surface area contributed by atoms with Crippen molar-refractivity contribution in [2.24, 2.45) is 0 Å². The number of hydrogen-bond acceptors (Lipinski definition) is 2. The number of hydrogen-bond donors (Lipinski definition) is 0. The Morgan fingerprint density at radius 2 is 2.29 bits per heavy atom. The van der Waals surface area contributed by atoms with Gasteiger partial charge in [-0.2, -0.15) is 0 Å². The third-order valence-corrected chi connectivity index (χ3v) is 2.55. The van der Waals surface area contributed by atoms with Crippen LogP contribution in [0.15, 0.2) is 18.2 Å². The summed E-state index contributed by atoms with van der Waals surface area (Å²) in [6.45, 7) is 5.36. The fraction of sp³-hybridized carbons (Fsp3) is 0.455. The average Bonchev–Trinajstić information content (AvgIpc) is 2.83. The van der Waals surface area contributed by atoms with Gasteiger partial charge >= 0.3 is 0 Å². The summed E-state index contributed by atoms with van der Waals surface area (Å²) in [5, 5.41) is 0.661. The SMILES string of the molecule is Cc1ccc(OCC2(C)CO2)c(Cl)c1. The molecule has 14 heavy (non-hydrogen) atoms. The number of aryl methyl sites for hydroxylation is 1. The van der Waals surface area contributed by atoms with Crippen LogP contribution in [0, 0.1) is 6.92 Å². The molecule has 0 aliphatic carbocycles. The summed E-state index contributed by atoms with van der Waals surface area (Å²) in [7, 11) is 0. The van der Waals surface area contributed by atoms with Crippen LogP contribution >= 0.6 is 11.6 Å². The van der Waals surface area contributed by atoms with Crippen molar-refractivity contribution in [3.8, 4) is 5.75 Å². The van der Waals surface area contributed by atoms with Crippen LogP contribution in [0.2, 0.25) is 5.02 Å². The predicted molar refractivity (Wildman–Crippen MR) is 56.0 cm³/mol. The van der Waals surface area contributed by atoms with Crippen molar-refractivity contribution in [3.63, 3.8) is 0 Å². The Bertz CT molecular complexity index is 345. The number of epoxide rings is 1. The van der Waals surface area contributed by atoms with Crippen LogP contribution in [0.3, 0.4) is 0 Å². The van der Waals surface area contributed by atoms with Crippen molar-refractivity contribution < 1.29 is 9.47 Å². The van der Waals surface area contributed by atoms with Gasteiger partial charge in [0.1, 0.15) is 18.0 Å². The summed E-state index contributed by atoms with van der Waals surface area (Å²) >= 11 is 6.01. The highest BCUT2D eigenvalue weighted by atomic mass is 35.5. The Labute approximate surface area is 88.8 Å². The molecular formula is C11H13ClO2. The molecule has 1 atom stereocenters. The molecular weight excluding hydrogens is 200 g/mol. The van der Waals surface area contributed by atoms with Gasteiger partial charge in [-0.1, -0.05) is 17.7 Å². The molecule has 1 unspecified atom stereocenters. The molecule has 1 aliphatic rings. The lowest BCUT2D eigenvalue weighted by Gasteiger charge is -2.10. The average molecular weight is 213 g/mol. The number of ether oxygens (including phenoxy) is 2. The Hall–Kier alpha value is -0.730. The third kappa shape index (κ3) is 2.20. The lowest BCUT2D eigenvalue weighted by atomic mass is 10.2. The maximum absolute atomic E-state index is 6.01. The maximum Gasteiger partial charge on any atom is 0.138 e. The van der Waals surface area contributed by atoms with Gasteiger partial charge < -0.3 is 9.47 Å². The first-order valence-corrected chi connectivity index (χ1v) is 5.00. The van der Waals surface area contributed by atoms with E-state index in [1.165, 1.54) is 0 Å². The number of rotatable bonds is 3. The maximum atomic E-state index is 6.01. The predicted octanol–water partition coefficient (Wildman–Crippen LogP) is 2.82. The molecule has 1 fully saturated rings. The molecule has 0 N–H and O–H groups in total. The zero-order chi connectivity index (χ0) is 10.2. The topological polar surface area (TPSA) is 21.8 Å². The Morgan fingerprint density at radius 3 is 2.86 bits per heavy atom. The molecule has 0 saturated carbocycles. The quantitative estimate of drug-likeness (QED) is 0.719. The second-order valence-corrected chi connectivity index (χ2v) is 4.37. The molecule has 76 valence electrons. The molecule has 0 bridgehead atoms. The van der Waals surface area contributed by atoms with Crippen LogP contribution in [0.25, 0.3) is 0 Å². The third-order valence-electron chi connectivity index (χ3n) is 2.26. The Balaban J connectivity index is 2.02. The van der Waals surface area contributed by atoms with Crippen molar-refractivity contribution >= 4 is 11.6 Å². The highest BCUT2D eigenvalue weighted by molar-refractivity contribution is 6.32. The van der Waals surface area contributed by atoms with E-state index in [2.05, 4.69) is 0 Å². The molecule has 1 heterocycles. The van der Waals surface area contributed by atoms with Gasteiger partial charge in [0.2, 0.25) is 0 Å². The van der Waals surface area contributed by atoms with Gasteiger partial charge in [0.25, 0.3) is 0 Å².